The number of benzene rings is 1. The van der Waals surface area contributed by atoms with Crippen LogP contribution in [-0.4, -0.2) is 46.3 Å². The molecule has 0 N–H and O–H groups in total. The summed E-state index contributed by atoms with van der Waals surface area (Å²) >= 11 is 6.08. The van der Waals surface area contributed by atoms with E-state index in [4.69, 9.17) is 16.0 Å². The molecule has 3 aromatic rings. The Kier molecular flexibility index (Phi) is 5.90. The number of pyridine rings is 1. The summed E-state index contributed by atoms with van der Waals surface area (Å²) in [6, 6.07) is 8.69. The molecule has 0 bridgehead atoms. The van der Waals surface area contributed by atoms with Gasteiger partial charge in [0, 0.05) is 37.9 Å². The smallest absolute Gasteiger partial charge is 0.417 e. The number of anilines is 1. The first-order valence-corrected chi connectivity index (χ1v) is 10.2. The molecule has 3 heterocycles. The quantitative estimate of drug-likeness (QED) is 0.556. The first kappa shape index (κ1) is 21.6. The van der Waals surface area contributed by atoms with Crippen molar-refractivity contribution in [1.29, 1.82) is 0 Å². The molecule has 0 spiro atoms. The van der Waals surface area contributed by atoms with Gasteiger partial charge < -0.3 is 9.32 Å². The highest BCUT2D eigenvalue weighted by molar-refractivity contribution is 6.33. The first-order chi connectivity index (χ1) is 14.7. The van der Waals surface area contributed by atoms with Crippen LogP contribution >= 0.6 is 11.6 Å². The van der Waals surface area contributed by atoms with Gasteiger partial charge in [-0.25, -0.2) is 4.98 Å². The molecule has 1 aliphatic rings. The predicted molar refractivity (Wildman–Crippen MR) is 111 cm³/mol. The van der Waals surface area contributed by atoms with Crippen molar-refractivity contribution in [2.24, 2.45) is 0 Å². The number of alkyl halides is 3. The van der Waals surface area contributed by atoms with Crippen LogP contribution in [0.15, 0.2) is 40.9 Å². The molecule has 4 rings (SSSR count). The number of aromatic nitrogens is 3. The fourth-order valence-electron chi connectivity index (χ4n) is 3.51. The molecule has 1 aliphatic heterocycles. The van der Waals surface area contributed by atoms with Crippen LogP contribution < -0.4 is 4.90 Å². The Balaban J connectivity index is 1.40. The maximum atomic E-state index is 12.8. The van der Waals surface area contributed by atoms with Gasteiger partial charge in [-0.2, -0.15) is 13.2 Å². The number of hydrogen-bond acceptors (Lipinski definition) is 6. The number of hydrogen-bond donors (Lipinski definition) is 0. The number of halogens is 4. The highest BCUT2D eigenvalue weighted by Crippen LogP contribution is 2.34. The van der Waals surface area contributed by atoms with Crippen molar-refractivity contribution < 1.29 is 17.6 Å². The van der Waals surface area contributed by atoms with Crippen LogP contribution in [0.1, 0.15) is 30.0 Å². The monoisotopic (exact) mass is 451 g/mol. The third-order valence-electron chi connectivity index (χ3n) is 5.41. The molecular formula is C21H21ClF3N5O. The Labute approximate surface area is 182 Å². The summed E-state index contributed by atoms with van der Waals surface area (Å²) in [7, 11) is 0. The summed E-state index contributed by atoms with van der Waals surface area (Å²) in [4.78, 5) is 8.02. The topological polar surface area (TPSA) is 58.3 Å². The van der Waals surface area contributed by atoms with Crippen molar-refractivity contribution in [3.05, 3.63) is 58.6 Å². The summed E-state index contributed by atoms with van der Waals surface area (Å²) in [6.07, 6.45) is -3.65. The van der Waals surface area contributed by atoms with Crippen molar-refractivity contribution in [3.63, 3.8) is 0 Å². The normalized spacial score (nSPS) is 16.5. The number of nitrogens with zero attached hydrogens (tertiary/aromatic N) is 5. The first-order valence-electron chi connectivity index (χ1n) is 9.84. The minimum absolute atomic E-state index is 0.00374. The fourth-order valence-corrected chi connectivity index (χ4v) is 3.80. The fraction of sp³-hybridized carbons (Fsp3) is 0.381. The lowest BCUT2D eigenvalue weighted by Gasteiger charge is -2.37. The van der Waals surface area contributed by atoms with E-state index in [-0.39, 0.29) is 11.1 Å². The SMILES string of the molecule is Cc1ccc(-c2nnc(C(C)N3CCN(c4ncc(C(F)(F)F)cc4Cl)CC3)o2)cc1. The molecule has 0 saturated carbocycles. The van der Waals surface area contributed by atoms with Gasteiger partial charge in [-0.05, 0) is 32.0 Å². The molecule has 1 unspecified atom stereocenters. The van der Waals surface area contributed by atoms with Gasteiger partial charge in [0.2, 0.25) is 11.8 Å². The molecule has 1 atom stereocenters. The Morgan fingerprint density at radius 2 is 1.74 bits per heavy atom. The Morgan fingerprint density at radius 3 is 2.35 bits per heavy atom. The molecule has 0 amide bonds. The van der Waals surface area contributed by atoms with E-state index in [1.54, 1.807) is 0 Å². The van der Waals surface area contributed by atoms with Crippen LogP contribution in [0, 0.1) is 6.92 Å². The minimum Gasteiger partial charge on any atom is -0.419 e. The van der Waals surface area contributed by atoms with Gasteiger partial charge in [0.1, 0.15) is 5.82 Å². The second-order valence-corrected chi connectivity index (χ2v) is 7.94. The van der Waals surface area contributed by atoms with Gasteiger partial charge in [0.25, 0.3) is 0 Å². The number of piperazine rings is 1. The van der Waals surface area contributed by atoms with E-state index in [1.807, 2.05) is 43.0 Å². The molecule has 10 heteroatoms. The van der Waals surface area contributed by atoms with Crippen molar-refractivity contribution in [2.45, 2.75) is 26.1 Å². The summed E-state index contributed by atoms with van der Waals surface area (Å²) in [5, 5.41) is 8.36. The zero-order valence-corrected chi connectivity index (χ0v) is 17.8. The Hall–Kier alpha value is -2.65. The lowest BCUT2D eigenvalue weighted by atomic mass is 10.1. The summed E-state index contributed by atoms with van der Waals surface area (Å²) < 4.78 is 44.4. The largest absolute Gasteiger partial charge is 0.419 e. The molecule has 1 saturated heterocycles. The Morgan fingerprint density at radius 1 is 1.06 bits per heavy atom. The molecule has 0 aliphatic carbocycles. The van der Waals surface area contributed by atoms with E-state index in [9.17, 15) is 13.2 Å². The van der Waals surface area contributed by atoms with E-state index >= 15 is 0 Å². The number of aryl methyl sites for hydroxylation is 1. The van der Waals surface area contributed by atoms with E-state index in [0.717, 1.165) is 23.4 Å². The zero-order valence-electron chi connectivity index (χ0n) is 17.0. The molecule has 6 nitrogen and oxygen atoms in total. The number of rotatable bonds is 4. The van der Waals surface area contributed by atoms with E-state index in [2.05, 4.69) is 20.1 Å². The van der Waals surface area contributed by atoms with Crippen molar-refractivity contribution in [2.75, 3.05) is 31.1 Å². The van der Waals surface area contributed by atoms with Crippen LogP contribution in [0.5, 0.6) is 0 Å². The summed E-state index contributed by atoms with van der Waals surface area (Å²) in [5.41, 5.74) is 1.16. The average Bonchev–Trinajstić information content (AvgIpc) is 3.23. The lowest BCUT2D eigenvalue weighted by molar-refractivity contribution is -0.137. The predicted octanol–water partition coefficient (Wildman–Crippen LogP) is 5.00. The second kappa shape index (κ2) is 8.47. The van der Waals surface area contributed by atoms with Crippen molar-refractivity contribution in [3.8, 4) is 11.5 Å². The lowest BCUT2D eigenvalue weighted by Crippen LogP contribution is -2.47. The molecule has 31 heavy (non-hydrogen) atoms. The van der Waals surface area contributed by atoms with Crippen molar-refractivity contribution >= 4 is 17.4 Å². The molecule has 2 aromatic heterocycles. The summed E-state index contributed by atoms with van der Waals surface area (Å²) in [5.74, 6) is 1.36. The van der Waals surface area contributed by atoms with E-state index < -0.39 is 11.7 Å². The van der Waals surface area contributed by atoms with E-state index in [1.165, 1.54) is 0 Å². The van der Waals surface area contributed by atoms with Crippen LogP contribution in [0.3, 0.4) is 0 Å². The van der Waals surface area contributed by atoms with E-state index in [0.29, 0.717) is 43.8 Å². The Bertz CT molecular complexity index is 1050. The van der Waals surface area contributed by atoms with Gasteiger partial charge in [-0.1, -0.05) is 29.3 Å². The third kappa shape index (κ3) is 4.67. The maximum absolute atomic E-state index is 12.8. The molecular weight excluding hydrogens is 431 g/mol. The van der Waals surface area contributed by atoms with Gasteiger partial charge >= 0.3 is 6.18 Å². The highest BCUT2D eigenvalue weighted by Gasteiger charge is 2.33. The highest BCUT2D eigenvalue weighted by atomic mass is 35.5. The van der Waals surface area contributed by atoms with Crippen LogP contribution in [-0.2, 0) is 6.18 Å². The van der Waals surface area contributed by atoms with Crippen LogP contribution in [0.2, 0.25) is 5.02 Å². The van der Waals surface area contributed by atoms with Gasteiger partial charge in [0.15, 0.2) is 0 Å². The van der Waals surface area contributed by atoms with Gasteiger partial charge in [-0.3, -0.25) is 4.90 Å². The average molecular weight is 452 g/mol. The molecule has 1 aromatic carbocycles. The van der Waals surface area contributed by atoms with Gasteiger partial charge in [-0.15, -0.1) is 10.2 Å². The van der Waals surface area contributed by atoms with Crippen molar-refractivity contribution in [1.82, 2.24) is 20.1 Å². The molecule has 0 radical (unpaired) electrons. The standard InChI is InChI=1S/C21H21ClF3N5O/c1-13-3-5-15(6-4-13)20-28-27-19(31-20)14(2)29-7-9-30(10-8-29)18-17(22)11-16(12-26-18)21(23,24)25/h3-6,11-12,14H,7-10H2,1-2H3. The zero-order chi connectivity index (χ0) is 22.2. The van der Waals surface area contributed by atoms with Crippen LogP contribution in [0.25, 0.3) is 11.5 Å². The van der Waals surface area contributed by atoms with Gasteiger partial charge in [0.05, 0.1) is 16.6 Å². The molecule has 1 fully saturated rings. The third-order valence-corrected chi connectivity index (χ3v) is 5.69. The molecule has 164 valence electrons. The maximum Gasteiger partial charge on any atom is 0.417 e. The second-order valence-electron chi connectivity index (χ2n) is 7.54. The summed E-state index contributed by atoms with van der Waals surface area (Å²) in [6.45, 7) is 6.46. The minimum atomic E-state index is -4.47. The van der Waals surface area contributed by atoms with Crippen LogP contribution in [0.4, 0.5) is 19.0 Å².